The standard InChI is InChI=1S/C22H22N4O5/c1-13-7-5-6-8-15(13)19-23-18(31-25-19)12-26-20(27)22(2,24-21(26)28)14-9-10-16(29-3)17(11-14)30-4/h5-11H,12H2,1-4H3,(H,24,28). The summed E-state index contributed by atoms with van der Waals surface area (Å²) in [6.07, 6.45) is 0. The summed E-state index contributed by atoms with van der Waals surface area (Å²) < 4.78 is 15.9. The zero-order valence-electron chi connectivity index (χ0n) is 17.6. The highest BCUT2D eigenvalue weighted by atomic mass is 16.5. The number of amides is 3. The maximum Gasteiger partial charge on any atom is 0.325 e. The topological polar surface area (TPSA) is 107 Å². The number of hydrogen-bond donors (Lipinski definition) is 1. The van der Waals surface area contributed by atoms with Crippen LogP contribution in [-0.4, -0.2) is 41.2 Å². The van der Waals surface area contributed by atoms with Gasteiger partial charge in [0.15, 0.2) is 11.5 Å². The number of carbonyl (C=O) groups is 2. The molecule has 2 aromatic carbocycles. The molecule has 4 rings (SSSR count). The van der Waals surface area contributed by atoms with Crippen molar-refractivity contribution < 1.29 is 23.6 Å². The molecule has 2 heterocycles. The molecule has 1 fully saturated rings. The molecule has 1 atom stereocenters. The van der Waals surface area contributed by atoms with Gasteiger partial charge in [0.1, 0.15) is 12.1 Å². The zero-order chi connectivity index (χ0) is 22.2. The number of methoxy groups -OCH3 is 2. The molecule has 9 nitrogen and oxygen atoms in total. The average molecular weight is 422 g/mol. The molecular formula is C22H22N4O5. The van der Waals surface area contributed by atoms with E-state index in [2.05, 4.69) is 15.5 Å². The average Bonchev–Trinajstić information content (AvgIpc) is 3.32. The van der Waals surface area contributed by atoms with Crippen LogP contribution >= 0.6 is 0 Å². The smallest absolute Gasteiger partial charge is 0.325 e. The van der Waals surface area contributed by atoms with Crippen molar-refractivity contribution in [2.75, 3.05) is 14.2 Å². The first-order valence-electron chi connectivity index (χ1n) is 9.62. The molecule has 0 saturated carbocycles. The van der Waals surface area contributed by atoms with Crippen molar-refractivity contribution in [2.24, 2.45) is 0 Å². The van der Waals surface area contributed by atoms with Crippen molar-refractivity contribution in [1.82, 2.24) is 20.4 Å². The first-order chi connectivity index (χ1) is 14.9. The Morgan fingerprint density at radius 2 is 1.84 bits per heavy atom. The van der Waals surface area contributed by atoms with Gasteiger partial charge in [-0.05, 0) is 37.1 Å². The van der Waals surface area contributed by atoms with Gasteiger partial charge in [-0.15, -0.1) is 0 Å². The van der Waals surface area contributed by atoms with Crippen LogP contribution in [0.5, 0.6) is 11.5 Å². The van der Waals surface area contributed by atoms with E-state index in [1.807, 2.05) is 31.2 Å². The lowest BCUT2D eigenvalue weighted by atomic mass is 9.91. The molecule has 3 aromatic rings. The molecule has 1 aromatic heterocycles. The van der Waals surface area contributed by atoms with Gasteiger partial charge in [-0.2, -0.15) is 4.98 Å². The normalized spacial score (nSPS) is 18.3. The summed E-state index contributed by atoms with van der Waals surface area (Å²) in [5.74, 6) is 1.13. The number of imide groups is 1. The highest BCUT2D eigenvalue weighted by molar-refractivity contribution is 6.07. The summed E-state index contributed by atoms with van der Waals surface area (Å²) in [5.41, 5.74) is 1.11. The van der Waals surface area contributed by atoms with E-state index in [0.29, 0.717) is 22.9 Å². The van der Waals surface area contributed by atoms with Gasteiger partial charge >= 0.3 is 6.03 Å². The highest BCUT2D eigenvalue weighted by Crippen LogP contribution is 2.35. The number of urea groups is 1. The molecule has 0 bridgehead atoms. The Morgan fingerprint density at radius 1 is 1.10 bits per heavy atom. The third-order valence-corrected chi connectivity index (χ3v) is 5.38. The minimum atomic E-state index is -1.27. The lowest BCUT2D eigenvalue weighted by Crippen LogP contribution is -2.40. The number of benzene rings is 2. The quantitative estimate of drug-likeness (QED) is 0.609. The second kappa shape index (κ2) is 7.75. The van der Waals surface area contributed by atoms with Crippen LogP contribution in [0.25, 0.3) is 11.4 Å². The Kier molecular flexibility index (Phi) is 5.10. The number of carbonyl (C=O) groups excluding carboxylic acids is 2. The maximum absolute atomic E-state index is 13.2. The Balaban J connectivity index is 1.59. The predicted molar refractivity (Wildman–Crippen MR) is 110 cm³/mol. The van der Waals surface area contributed by atoms with E-state index < -0.39 is 17.5 Å². The summed E-state index contributed by atoms with van der Waals surface area (Å²) in [5, 5.41) is 6.74. The van der Waals surface area contributed by atoms with E-state index in [4.69, 9.17) is 14.0 Å². The summed E-state index contributed by atoms with van der Waals surface area (Å²) >= 11 is 0. The minimum absolute atomic E-state index is 0.133. The van der Waals surface area contributed by atoms with Crippen molar-refractivity contribution >= 4 is 11.9 Å². The first-order valence-corrected chi connectivity index (χ1v) is 9.62. The third kappa shape index (κ3) is 3.48. The van der Waals surface area contributed by atoms with Crippen LogP contribution in [0.15, 0.2) is 47.0 Å². The van der Waals surface area contributed by atoms with Gasteiger partial charge in [-0.3, -0.25) is 9.69 Å². The van der Waals surface area contributed by atoms with Gasteiger partial charge in [0.05, 0.1) is 14.2 Å². The number of nitrogens with zero attached hydrogens (tertiary/aromatic N) is 3. The molecule has 9 heteroatoms. The molecule has 1 saturated heterocycles. The fourth-order valence-electron chi connectivity index (χ4n) is 3.57. The van der Waals surface area contributed by atoms with Crippen molar-refractivity contribution in [2.45, 2.75) is 25.9 Å². The molecule has 1 N–H and O–H groups in total. The van der Waals surface area contributed by atoms with Crippen LogP contribution in [0.2, 0.25) is 0 Å². The molecule has 1 aliphatic rings. The first kappa shape index (κ1) is 20.4. The summed E-state index contributed by atoms with van der Waals surface area (Å²) in [4.78, 5) is 31.3. The monoisotopic (exact) mass is 422 g/mol. The fraction of sp³-hybridized carbons (Fsp3) is 0.273. The Bertz CT molecular complexity index is 1160. The van der Waals surface area contributed by atoms with Crippen LogP contribution in [0.3, 0.4) is 0 Å². The van der Waals surface area contributed by atoms with Crippen LogP contribution < -0.4 is 14.8 Å². The molecule has 3 amide bonds. The van der Waals surface area contributed by atoms with Gasteiger partial charge in [0, 0.05) is 5.56 Å². The molecule has 0 spiro atoms. The lowest BCUT2D eigenvalue weighted by molar-refractivity contribution is -0.131. The number of aryl methyl sites for hydroxylation is 1. The van der Waals surface area contributed by atoms with E-state index in [9.17, 15) is 9.59 Å². The van der Waals surface area contributed by atoms with Crippen LogP contribution in [0.4, 0.5) is 4.79 Å². The lowest BCUT2D eigenvalue weighted by Gasteiger charge is -2.23. The maximum atomic E-state index is 13.2. The van der Waals surface area contributed by atoms with Crippen molar-refractivity contribution in [3.05, 3.63) is 59.5 Å². The Morgan fingerprint density at radius 3 is 2.55 bits per heavy atom. The molecule has 1 aliphatic heterocycles. The number of rotatable bonds is 6. The SMILES string of the molecule is COc1ccc(C2(C)NC(=O)N(Cc3nc(-c4ccccc4C)no3)C2=O)cc1OC. The third-order valence-electron chi connectivity index (χ3n) is 5.38. The predicted octanol–water partition coefficient (Wildman–Crippen LogP) is 3.03. The highest BCUT2D eigenvalue weighted by Gasteiger charge is 2.49. The second-order valence-corrected chi connectivity index (χ2v) is 7.34. The van der Waals surface area contributed by atoms with Crippen LogP contribution in [0, 0.1) is 6.92 Å². The van der Waals surface area contributed by atoms with Gasteiger partial charge in [-0.1, -0.05) is 35.5 Å². The molecular weight excluding hydrogens is 400 g/mol. The molecule has 31 heavy (non-hydrogen) atoms. The molecule has 1 unspecified atom stereocenters. The van der Waals surface area contributed by atoms with Gasteiger partial charge in [-0.25, -0.2) is 4.79 Å². The summed E-state index contributed by atoms with van der Waals surface area (Å²) in [6.45, 7) is 3.45. The molecule has 0 radical (unpaired) electrons. The molecule has 160 valence electrons. The van der Waals surface area contributed by atoms with Crippen molar-refractivity contribution in [3.8, 4) is 22.9 Å². The van der Waals surface area contributed by atoms with E-state index >= 15 is 0 Å². The summed E-state index contributed by atoms with van der Waals surface area (Å²) in [6, 6.07) is 12.1. The summed E-state index contributed by atoms with van der Waals surface area (Å²) in [7, 11) is 3.03. The van der Waals surface area contributed by atoms with E-state index in [1.165, 1.54) is 14.2 Å². The van der Waals surface area contributed by atoms with Gasteiger partial charge in [0.25, 0.3) is 5.91 Å². The van der Waals surface area contributed by atoms with E-state index in [-0.39, 0.29) is 12.4 Å². The largest absolute Gasteiger partial charge is 0.493 e. The van der Waals surface area contributed by atoms with Crippen LogP contribution in [-0.2, 0) is 16.9 Å². The van der Waals surface area contributed by atoms with Crippen molar-refractivity contribution in [1.29, 1.82) is 0 Å². The fourth-order valence-corrected chi connectivity index (χ4v) is 3.57. The molecule has 0 aliphatic carbocycles. The minimum Gasteiger partial charge on any atom is -0.493 e. The Hall–Kier alpha value is -3.88. The zero-order valence-corrected chi connectivity index (χ0v) is 17.6. The van der Waals surface area contributed by atoms with E-state index in [1.54, 1.807) is 25.1 Å². The van der Waals surface area contributed by atoms with Gasteiger partial charge < -0.3 is 19.3 Å². The second-order valence-electron chi connectivity index (χ2n) is 7.34. The number of hydrogen-bond acceptors (Lipinski definition) is 7. The Labute approximate surface area is 179 Å². The van der Waals surface area contributed by atoms with E-state index in [0.717, 1.165) is 16.0 Å². The van der Waals surface area contributed by atoms with Gasteiger partial charge in [0.2, 0.25) is 11.7 Å². The number of aromatic nitrogens is 2. The number of nitrogens with one attached hydrogen (secondary N) is 1. The van der Waals surface area contributed by atoms with Crippen LogP contribution in [0.1, 0.15) is 23.9 Å². The van der Waals surface area contributed by atoms with Crippen molar-refractivity contribution in [3.63, 3.8) is 0 Å². The number of ether oxygens (including phenoxy) is 2.